The maximum atomic E-state index is 5.86. The smallest absolute Gasteiger partial charge is 0.141 e. The van der Waals surface area contributed by atoms with Crippen molar-refractivity contribution >= 4 is 0 Å². The molecule has 0 aromatic carbocycles. The number of nitrogens with zero attached hydrogens (tertiary/aromatic N) is 2. The molecule has 0 saturated carbocycles. The van der Waals surface area contributed by atoms with Gasteiger partial charge in [-0.15, -0.1) is 0 Å². The van der Waals surface area contributed by atoms with Gasteiger partial charge in [-0.05, 0) is 18.1 Å². The lowest BCUT2D eigenvalue weighted by Crippen LogP contribution is -2.14. The molecule has 5 nitrogen and oxygen atoms in total. The number of H-pyrrole nitrogens is 1. The Hall–Kier alpha value is -1.62. The summed E-state index contributed by atoms with van der Waals surface area (Å²) in [5.41, 5.74) is 6.91. The van der Waals surface area contributed by atoms with Gasteiger partial charge >= 0.3 is 0 Å². The van der Waals surface area contributed by atoms with Gasteiger partial charge in [0.05, 0.1) is 18.6 Å². The first-order valence-electron chi connectivity index (χ1n) is 3.98. The van der Waals surface area contributed by atoms with E-state index < -0.39 is 0 Å². The fraction of sp³-hybridized carbons (Fsp3) is 0.250. The van der Waals surface area contributed by atoms with Crippen LogP contribution in [0.5, 0.6) is 0 Å². The van der Waals surface area contributed by atoms with Crippen LogP contribution in [0.25, 0.3) is 0 Å². The topological polar surface area (TPSA) is 80.7 Å². The number of hydrogen-bond donors (Lipinski definition) is 2. The van der Waals surface area contributed by atoms with Crippen LogP contribution >= 0.6 is 0 Å². The highest BCUT2D eigenvalue weighted by atomic mass is 16.3. The summed E-state index contributed by atoms with van der Waals surface area (Å²) >= 11 is 0. The van der Waals surface area contributed by atoms with Crippen LogP contribution in [0.4, 0.5) is 0 Å². The molecule has 0 bridgehead atoms. The molecule has 13 heavy (non-hydrogen) atoms. The van der Waals surface area contributed by atoms with Gasteiger partial charge in [-0.1, -0.05) is 0 Å². The molecule has 5 heteroatoms. The quantitative estimate of drug-likeness (QED) is 0.722. The molecule has 2 rings (SSSR count). The molecule has 0 aliphatic rings. The number of rotatable bonds is 3. The zero-order valence-corrected chi connectivity index (χ0v) is 6.97. The highest BCUT2D eigenvalue weighted by Gasteiger charge is 2.09. The van der Waals surface area contributed by atoms with E-state index in [4.69, 9.17) is 10.2 Å². The highest BCUT2D eigenvalue weighted by Crippen LogP contribution is 2.11. The third kappa shape index (κ3) is 1.75. The predicted octanol–water partition coefficient (Wildman–Crippen LogP) is 0.640. The lowest BCUT2D eigenvalue weighted by Gasteiger charge is -2.04. The minimum Gasteiger partial charge on any atom is -0.472 e. The van der Waals surface area contributed by atoms with Crippen molar-refractivity contribution in [1.82, 2.24) is 15.2 Å². The Bertz CT molecular complexity index is 340. The van der Waals surface area contributed by atoms with Gasteiger partial charge in [-0.3, -0.25) is 5.10 Å². The molecule has 0 aliphatic carbocycles. The molecule has 2 aromatic heterocycles. The summed E-state index contributed by atoms with van der Waals surface area (Å²) in [6.07, 6.45) is 5.45. The van der Waals surface area contributed by atoms with Crippen molar-refractivity contribution in [1.29, 1.82) is 0 Å². The van der Waals surface area contributed by atoms with Gasteiger partial charge in [0.1, 0.15) is 12.2 Å². The molecule has 2 aromatic rings. The first-order chi connectivity index (χ1) is 6.36. The van der Waals surface area contributed by atoms with E-state index in [1.807, 2.05) is 6.07 Å². The second kappa shape index (κ2) is 3.40. The van der Waals surface area contributed by atoms with Crippen LogP contribution in [0.15, 0.2) is 29.3 Å². The lowest BCUT2D eigenvalue weighted by molar-refractivity contribution is 0.560. The van der Waals surface area contributed by atoms with Crippen molar-refractivity contribution in [3.63, 3.8) is 0 Å². The number of aromatic amines is 1. The Kier molecular flexibility index (Phi) is 2.09. The monoisotopic (exact) mass is 178 g/mol. The fourth-order valence-corrected chi connectivity index (χ4v) is 1.15. The summed E-state index contributed by atoms with van der Waals surface area (Å²) in [5.74, 6) is 0.696. The molecule has 0 fully saturated rings. The summed E-state index contributed by atoms with van der Waals surface area (Å²) in [7, 11) is 0. The Morgan fingerprint density at radius 1 is 1.62 bits per heavy atom. The molecular weight excluding hydrogens is 168 g/mol. The largest absolute Gasteiger partial charge is 0.472 e. The summed E-state index contributed by atoms with van der Waals surface area (Å²) in [6, 6.07) is 1.73. The van der Waals surface area contributed by atoms with Crippen molar-refractivity contribution in [2.24, 2.45) is 5.73 Å². The van der Waals surface area contributed by atoms with Crippen molar-refractivity contribution in [2.45, 2.75) is 12.5 Å². The molecule has 0 spiro atoms. The van der Waals surface area contributed by atoms with E-state index in [2.05, 4.69) is 15.2 Å². The van der Waals surface area contributed by atoms with Crippen LogP contribution in [-0.2, 0) is 6.42 Å². The highest BCUT2D eigenvalue weighted by molar-refractivity contribution is 5.09. The lowest BCUT2D eigenvalue weighted by atomic mass is 10.1. The van der Waals surface area contributed by atoms with Crippen molar-refractivity contribution in [3.8, 4) is 0 Å². The average molecular weight is 178 g/mol. The number of nitrogens with two attached hydrogens (primary N) is 1. The van der Waals surface area contributed by atoms with Gasteiger partial charge in [-0.25, -0.2) is 4.98 Å². The Morgan fingerprint density at radius 3 is 3.15 bits per heavy atom. The van der Waals surface area contributed by atoms with Gasteiger partial charge in [0.25, 0.3) is 0 Å². The number of furan rings is 1. The van der Waals surface area contributed by atoms with Crippen LogP contribution in [0.3, 0.4) is 0 Å². The number of aromatic nitrogens is 3. The van der Waals surface area contributed by atoms with Crippen molar-refractivity contribution in [2.75, 3.05) is 0 Å². The van der Waals surface area contributed by atoms with Crippen LogP contribution < -0.4 is 5.73 Å². The van der Waals surface area contributed by atoms with Gasteiger partial charge < -0.3 is 10.2 Å². The predicted molar refractivity (Wildman–Crippen MR) is 45.7 cm³/mol. The molecule has 0 radical (unpaired) electrons. The van der Waals surface area contributed by atoms with Crippen LogP contribution in [0, 0.1) is 0 Å². The van der Waals surface area contributed by atoms with E-state index in [1.54, 1.807) is 12.5 Å². The number of hydrogen-bond acceptors (Lipinski definition) is 4. The van der Waals surface area contributed by atoms with Crippen LogP contribution in [0.2, 0.25) is 0 Å². The first kappa shape index (κ1) is 8.00. The molecular formula is C8H10N4O. The molecule has 0 saturated heterocycles. The van der Waals surface area contributed by atoms with E-state index in [-0.39, 0.29) is 6.04 Å². The average Bonchev–Trinajstić information content (AvgIpc) is 2.74. The number of nitrogens with one attached hydrogen (secondary N) is 1. The molecule has 1 atom stereocenters. The molecule has 2 heterocycles. The first-order valence-corrected chi connectivity index (χ1v) is 3.98. The van der Waals surface area contributed by atoms with E-state index in [1.165, 1.54) is 6.33 Å². The van der Waals surface area contributed by atoms with Crippen LogP contribution in [0.1, 0.15) is 17.4 Å². The Balaban J connectivity index is 2.04. The van der Waals surface area contributed by atoms with Crippen molar-refractivity contribution in [3.05, 3.63) is 36.3 Å². The molecule has 1 unspecified atom stereocenters. The molecule has 3 N–H and O–H groups in total. The van der Waals surface area contributed by atoms with Gasteiger partial charge in [0, 0.05) is 0 Å². The summed E-state index contributed by atoms with van der Waals surface area (Å²) in [6.45, 7) is 0. The molecule has 68 valence electrons. The third-order valence-electron chi connectivity index (χ3n) is 1.82. The standard InChI is InChI=1S/C8H10N4O/c9-7(8-10-5-11-12-8)3-6-1-2-13-4-6/h1-2,4-5,7H,3,9H2,(H,10,11,12). The zero-order valence-electron chi connectivity index (χ0n) is 6.97. The van der Waals surface area contributed by atoms with E-state index >= 15 is 0 Å². The van der Waals surface area contributed by atoms with Gasteiger partial charge in [-0.2, -0.15) is 5.10 Å². The van der Waals surface area contributed by atoms with E-state index in [0.29, 0.717) is 12.2 Å². The normalized spacial score (nSPS) is 13.0. The Morgan fingerprint density at radius 2 is 2.54 bits per heavy atom. The second-order valence-electron chi connectivity index (χ2n) is 2.81. The Labute approximate surface area is 75.0 Å². The van der Waals surface area contributed by atoms with E-state index in [0.717, 1.165) is 5.56 Å². The zero-order chi connectivity index (χ0) is 9.10. The maximum absolute atomic E-state index is 5.86. The maximum Gasteiger partial charge on any atom is 0.141 e. The summed E-state index contributed by atoms with van der Waals surface area (Å²) < 4.78 is 4.93. The fourth-order valence-electron chi connectivity index (χ4n) is 1.15. The van der Waals surface area contributed by atoms with Gasteiger partial charge in [0.15, 0.2) is 0 Å². The minimum atomic E-state index is -0.153. The molecule has 0 amide bonds. The third-order valence-corrected chi connectivity index (χ3v) is 1.82. The molecule has 0 aliphatic heterocycles. The minimum absolute atomic E-state index is 0.153. The SMILES string of the molecule is NC(Cc1ccoc1)c1ncn[nH]1. The second-order valence-corrected chi connectivity index (χ2v) is 2.81. The van der Waals surface area contributed by atoms with E-state index in [9.17, 15) is 0 Å². The summed E-state index contributed by atoms with van der Waals surface area (Å²) in [5, 5.41) is 6.47. The van der Waals surface area contributed by atoms with Gasteiger partial charge in [0.2, 0.25) is 0 Å². The summed E-state index contributed by atoms with van der Waals surface area (Å²) in [4.78, 5) is 3.97. The van der Waals surface area contributed by atoms with Crippen molar-refractivity contribution < 1.29 is 4.42 Å². The van der Waals surface area contributed by atoms with Crippen LogP contribution in [-0.4, -0.2) is 15.2 Å².